The zero-order chi connectivity index (χ0) is 13.3. The minimum absolute atomic E-state index is 0.00356. The van der Waals surface area contributed by atoms with Gasteiger partial charge in [0.15, 0.2) is 0 Å². The maximum Gasteiger partial charge on any atom is 0.244 e. The Morgan fingerprint density at radius 2 is 2.22 bits per heavy atom. The smallest absolute Gasteiger partial charge is 0.244 e. The van der Waals surface area contributed by atoms with Crippen LogP contribution < -0.4 is 0 Å². The number of halogens is 2. The van der Waals surface area contributed by atoms with Gasteiger partial charge in [0.05, 0.1) is 5.02 Å². The van der Waals surface area contributed by atoms with Crippen LogP contribution >= 0.6 is 11.6 Å². The van der Waals surface area contributed by atoms with E-state index in [9.17, 15) is 12.8 Å². The van der Waals surface area contributed by atoms with Crippen molar-refractivity contribution in [1.82, 2.24) is 4.31 Å². The second-order valence-electron chi connectivity index (χ2n) is 4.28. The summed E-state index contributed by atoms with van der Waals surface area (Å²) >= 11 is 5.81. The average molecular weight is 294 g/mol. The molecule has 1 aliphatic rings. The lowest BCUT2D eigenvalue weighted by molar-refractivity contribution is 0.233. The minimum Gasteiger partial charge on any atom is -0.396 e. The van der Waals surface area contributed by atoms with E-state index in [-0.39, 0.29) is 29.0 Å². The van der Waals surface area contributed by atoms with Gasteiger partial charge in [0, 0.05) is 19.7 Å². The molecule has 7 heteroatoms. The fourth-order valence-corrected chi connectivity index (χ4v) is 4.00. The van der Waals surface area contributed by atoms with E-state index in [1.807, 2.05) is 0 Å². The Morgan fingerprint density at radius 1 is 1.50 bits per heavy atom. The van der Waals surface area contributed by atoms with Crippen LogP contribution in [0.2, 0.25) is 5.02 Å². The lowest BCUT2D eigenvalue weighted by Crippen LogP contribution is -2.29. The van der Waals surface area contributed by atoms with Crippen LogP contribution in [-0.2, 0) is 10.0 Å². The first kappa shape index (κ1) is 13.7. The van der Waals surface area contributed by atoms with Gasteiger partial charge in [-0.2, -0.15) is 4.31 Å². The first-order valence-electron chi connectivity index (χ1n) is 5.51. The molecule has 0 bridgehead atoms. The molecule has 0 saturated carbocycles. The third-order valence-electron chi connectivity index (χ3n) is 3.02. The third kappa shape index (κ3) is 2.51. The highest BCUT2D eigenvalue weighted by molar-refractivity contribution is 7.89. The zero-order valence-electron chi connectivity index (χ0n) is 9.51. The SMILES string of the molecule is O=S(=O)(c1cc(F)ccc1Cl)N1CCC(CO)C1. The van der Waals surface area contributed by atoms with E-state index in [1.54, 1.807) is 0 Å². The Kier molecular flexibility index (Phi) is 3.91. The van der Waals surface area contributed by atoms with Crippen LogP contribution in [0.25, 0.3) is 0 Å². The molecule has 0 radical (unpaired) electrons. The molecule has 1 heterocycles. The first-order chi connectivity index (χ1) is 8.45. The van der Waals surface area contributed by atoms with Crippen LogP contribution in [0.5, 0.6) is 0 Å². The molecule has 1 aromatic rings. The molecule has 4 nitrogen and oxygen atoms in total. The standard InChI is InChI=1S/C11H13ClFNO3S/c12-10-2-1-9(13)5-11(10)18(16,17)14-4-3-8(6-14)7-15/h1-2,5,8,15H,3-4,6-7H2. The van der Waals surface area contributed by atoms with Gasteiger partial charge in [-0.3, -0.25) is 0 Å². The van der Waals surface area contributed by atoms with Gasteiger partial charge < -0.3 is 5.11 Å². The lowest BCUT2D eigenvalue weighted by Gasteiger charge is -2.17. The minimum atomic E-state index is -3.78. The second-order valence-corrected chi connectivity index (χ2v) is 6.59. The summed E-state index contributed by atoms with van der Waals surface area (Å²) in [6.45, 7) is 0.509. The number of benzene rings is 1. The van der Waals surface area contributed by atoms with Crippen molar-refractivity contribution < 1.29 is 17.9 Å². The summed E-state index contributed by atoms with van der Waals surface area (Å²) in [5.74, 6) is -0.706. The number of aliphatic hydroxyl groups is 1. The molecule has 1 unspecified atom stereocenters. The number of hydrogen-bond donors (Lipinski definition) is 1. The molecule has 0 amide bonds. The van der Waals surface area contributed by atoms with E-state index in [4.69, 9.17) is 16.7 Å². The predicted molar refractivity (Wildman–Crippen MR) is 65.4 cm³/mol. The van der Waals surface area contributed by atoms with Crippen LogP contribution in [-0.4, -0.2) is 37.5 Å². The molecule has 0 spiro atoms. The van der Waals surface area contributed by atoms with Gasteiger partial charge >= 0.3 is 0 Å². The largest absolute Gasteiger partial charge is 0.396 e. The van der Waals surface area contributed by atoms with E-state index < -0.39 is 15.8 Å². The highest BCUT2D eigenvalue weighted by Gasteiger charge is 2.33. The molecule has 1 N–H and O–H groups in total. The molecule has 0 aliphatic carbocycles. The molecule has 1 aromatic carbocycles. The van der Waals surface area contributed by atoms with Gasteiger partial charge in [-0.05, 0) is 30.5 Å². The van der Waals surface area contributed by atoms with Gasteiger partial charge in [-0.15, -0.1) is 0 Å². The van der Waals surface area contributed by atoms with Crippen molar-refractivity contribution in [2.45, 2.75) is 11.3 Å². The summed E-state index contributed by atoms with van der Waals surface area (Å²) in [5, 5.41) is 9.01. The Hall–Kier alpha value is -0.690. The van der Waals surface area contributed by atoms with Crippen LogP contribution in [0, 0.1) is 11.7 Å². The second kappa shape index (κ2) is 5.13. The fourth-order valence-electron chi connectivity index (χ4n) is 1.98. The van der Waals surface area contributed by atoms with Crippen molar-refractivity contribution in [3.05, 3.63) is 29.0 Å². The maximum atomic E-state index is 13.1. The monoisotopic (exact) mass is 293 g/mol. The van der Waals surface area contributed by atoms with Gasteiger partial charge in [-0.1, -0.05) is 11.6 Å². The molecule has 18 heavy (non-hydrogen) atoms. The van der Waals surface area contributed by atoms with Crippen molar-refractivity contribution >= 4 is 21.6 Å². The average Bonchev–Trinajstić information content (AvgIpc) is 2.81. The maximum absolute atomic E-state index is 13.1. The number of rotatable bonds is 3. The van der Waals surface area contributed by atoms with E-state index in [0.717, 1.165) is 12.1 Å². The van der Waals surface area contributed by atoms with Crippen LogP contribution in [0.15, 0.2) is 23.1 Å². The van der Waals surface area contributed by atoms with Crippen molar-refractivity contribution in [2.75, 3.05) is 19.7 Å². The van der Waals surface area contributed by atoms with E-state index in [1.165, 1.54) is 10.4 Å². The Labute approximate surface area is 110 Å². The van der Waals surface area contributed by atoms with E-state index in [2.05, 4.69) is 0 Å². The number of sulfonamides is 1. The quantitative estimate of drug-likeness (QED) is 0.918. The molecule has 1 aliphatic heterocycles. The summed E-state index contributed by atoms with van der Waals surface area (Å²) < 4.78 is 38.9. The summed E-state index contributed by atoms with van der Waals surface area (Å²) in [6, 6.07) is 3.26. The summed E-state index contributed by atoms with van der Waals surface area (Å²) in [5.41, 5.74) is 0. The predicted octanol–water partition coefficient (Wildman–Crippen LogP) is 1.48. The summed E-state index contributed by atoms with van der Waals surface area (Å²) in [4.78, 5) is -0.220. The molecular formula is C11H13ClFNO3S. The highest BCUT2D eigenvalue weighted by Crippen LogP contribution is 2.29. The number of nitrogens with zero attached hydrogens (tertiary/aromatic N) is 1. The molecule has 1 saturated heterocycles. The molecule has 100 valence electrons. The van der Waals surface area contributed by atoms with Crippen molar-refractivity contribution in [1.29, 1.82) is 0 Å². The van der Waals surface area contributed by atoms with Gasteiger partial charge in [-0.25, -0.2) is 12.8 Å². The van der Waals surface area contributed by atoms with E-state index >= 15 is 0 Å². The highest BCUT2D eigenvalue weighted by atomic mass is 35.5. The number of aliphatic hydroxyl groups excluding tert-OH is 1. The van der Waals surface area contributed by atoms with Crippen molar-refractivity contribution in [3.63, 3.8) is 0 Å². The summed E-state index contributed by atoms with van der Waals surface area (Å²) in [6.07, 6.45) is 0.600. The third-order valence-corrected chi connectivity index (χ3v) is 5.36. The topological polar surface area (TPSA) is 57.6 Å². The Morgan fingerprint density at radius 3 is 2.83 bits per heavy atom. The molecule has 1 fully saturated rings. The Balaban J connectivity index is 2.34. The fraction of sp³-hybridized carbons (Fsp3) is 0.455. The van der Waals surface area contributed by atoms with E-state index in [0.29, 0.717) is 13.0 Å². The molecule has 2 rings (SSSR count). The van der Waals surface area contributed by atoms with Crippen LogP contribution in [0.3, 0.4) is 0 Å². The van der Waals surface area contributed by atoms with Crippen LogP contribution in [0.1, 0.15) is 6.42 Å². The van der Waals surface area contributed by atoms with Gasteiger partial charge in [0.1, 0.15) is 10.7 Å². The van der Waals surface area contributed by atoms with Crippen LogP contribution in [0.4, 0.5) is 4.39 Å². The van der Waals surface area contributed by atoms with Crippen molar-refractivity contribution in [2.24, 2.45) is 5.92 Å². The zero-order valence-corrected chi connectivity index (χ0v) is 11.1. The summed E-state index contributed by atoms with van der Waals surface area (Å²) in [7, 11) is -3.78. The van der Waals surface area contributed by atoms with Gasteiger partial charge in [0.2, 0.25) is 10.0 Å². The number of hydrogen-bond acceptors (Lipinski definition) is 3. The molecule has 1 atom stereocenters. The normalized spacial score (nSPS) is 21.4. The first-order valence-corrected chi connectivity index (χ1v) is 7.33. The molecule has 0 aromatic heterocycles. The molecular weight excluding hydrogens is 281 g/mol. The lowest BCUT2D eigenvalue weighted by atomic mass is 10.1. The Bertz CT molecular complexity index is 549. The van der Waals surface area contributed by atoms with Crippen molar-refractivity contribution in [3.8, 4) is 0 Å². The van der Waals surface area contributed by atoms with Gasteiger partial charge in [0.25, 0.3) is 0 Å².